The Morgan fingerprint density at radius 2 is 2.22 bits per heavy atom. The van der Waals surface area contributed by atoms with Crippen molar-refractivity contribution in [3.05, 3.63) is 34.9 Å². The number of amides is 1. The number of carbonyl (C=O) groups excluding carboxylic acids is 1. The lowest BCUT2D eigenvalue weighted by molar-refractivity contribution is -0.125. The summed E-state index contributed by atoms with van der Waals surface area (Å²) in [5.74, 6) is 0.325. The molecule has 3 heteroatoms. The van der Waals surface area contributed by atoms with Gasteiger partial charge in [0.05, 0.1) is 5.92 Å². The molecule has 1 aromatic rings. The molecule has 98 valence electrons. The molecule has 18 heavy (non-hydrogen) atoms. The van der Waals surface area contributed by atoms with Gasteiger partial charge in [0.25, 0.3) is 0 Å². The number of hydrogen-bond donors (Lipinski definition) is 2. The van der Waals surface area contributed by atoms with Gasteiger partial charge in [-0.15, -0.1) is 0 Å². The van der Waals surface area contributed by atoms with Crippen molar-refractivity contribution in [2.75, 3.05) is 13.1 Å². The third-order valence-electron chi connectivity index (χ3n) is 3.71. The minimum Gasteiger partial charge on any atom is -0.352 e. The summed E-state index contributed by atoms with van der Waals surface area (Å²) < 4.78 is 0. The fraction of sp³-hybridized carbons (Fsp3) is 0.533. The van der Waals surface area contributed by atoms with Crippen LogP contribution < -0.4 is 10.6 Å². The first-order valence-corrected chi connectivity index (χ1v) is 6.71. The summed E-state index contributed by atoms with van der Waals surface area (Å²) in [7, 11) is 0. The van der Waals surface area contributed by atoms with Gasteiger partial charge in [0.1, 0.15) is 0 Å². The molecule has 1 unspecified atom stereocenters. The molecule has 0 spiro atoms. The summed E-state index contributed by atoms with van der Waals surface area (Å²) in [6.45, 7) is 6.70. The lowest BCUT2D eigenvalue weighted by atomic mass is 9.98. The first-order valence-electron chi connectivity index (χ1n) is 6.71. The van der Waals surface area contributed by atoms with Crippen LogP contribution in [0.1, 0.15) is 29.5 Å². The highest BCUT2D eigenvalue weighted by molar-refractivity contribution is 5.78. The van der Waals surface area contributed by atoms with Crippen LogP contribution in [0.2, 0.25) is 0 Å². The fourth-order valence-electron chi connectivity index (χ4n) is 2.32. The van der Waals surface area contributed by atoms with Crippen molar-refractivity contribution >= 4 is 5.91 Å². The largest absolute Gasteiger partial charge is 0.352 e. The Kier molecular flexibility index (Phi) is 4.37. The number of carbonyl (C=O) groups is 1. The van der Waals surface area contributed by atoms with Crippen LogP contribution in [0.25, 0.3) is 0 Å². The second-order valence-corrected chi connectivity index (χ2v) is 5.18. The molecule has 1 aliphatic heterocycles. The Bertz CT molecular complexity index is 423. The average molecular weight is 246 g/mol. The summed E-state index contributed by atoms with van der Waals surface area (Å²) >= 11 is 0. The highest BCUT2D eigenvalue weighted by Gasteiger charge is 2.20. The SMILES string of the molecule is Cc1ccc(CNC(=O)C2CCCNC2)cc1C. The van der Waals surface area contributed by atoms with E-state index < -0.39 is 0 Å². The van der Waals surface area contributed by atoms with Crippen LogP contribution in [0.3, 0.4) is 0 Å². The molecule has 0 radical (unpaired) electrons. The maximum Gasteiger partial charge on any atom is 0.224 e. The lowest BCUT2D eigenvalue weighted by Gasteiger charge is -2.22. The summed E-state index contributed by atoms with van der Waals surface area (Å²) in [5.41, 5.74) is 3.75. The second kappa shape index (κ2) is 6.01. The van der Waals surface area contributed by atoms with Crippen molar-refractivity contribution in [3.8, 4) is 0 Å². The number of aryl methyl sites for hydroxylation is 2. The quantitative estimate of drug-likeness (QED) is 0.855. The molecule has 1 amide bonds. The Morgan fingerprint density at radius 1 is 1.39 bits per heavy atom. The van der Waals surface area contributed by atoms with Gasteiger partial charge in [-0.05, 0) is 49.9 Å². The smallest absolute Gasteiger partial charge is 0.224 e. The topological polar surface area (TPSA) is 41.1 Å². The van der Waals surface area contributed by atoms with Crippen LogP contribution in [0.15, 0.2) is 18.2 Å². The minimum atomic E-state index is 0.144. The second-order valence-electron chi connectivity index (χ2n) is 5.18. The first-order chi connectivity index (χ1) is 8.66. The molecule has 1 atom stereocenters. The molecule has 0 aliphatic carbocycles. The first kappa shape index (κ1) is 13.1. The van der Waals surface area contributed by atoms with Crippen LogP contribution in [0.5, 0.6) is 0 Å². The molecule has 1 aromatic carbocycles. The van der Waals surface area contributed by atoms with Crippen molar-refractivity contribution in [1.82, 2.24) is 10.6 Å². The highest BCUT2D eigenvalue weighted by Crippen LogP contribution is 2.12. The van der Waals surface area contributed by atoms with Crippen molar-refractivity contribution in [2.45, 2.75) is 33.2 Å². The number of hydrogen-bond acceptors (Lipinski definition) is 2. The van der Waals surface area contributed by atoms with E-state index in [9.17, 15) is 4.79 Å². The Labute approximate surface area is 109 Å². The van der Waals surface area contributed by atoms with Crippen LogP contribution in [0.4, 0.5) is 0 Å². The maximum absolute atomic E-state index is 12.0. The van der Waals surface area contributed by atoms with Gasteiger partial charge >= 0.3 is 0 Å². The van der Waals surface area contributed by atoms with E-state index in [1.165, 1.54) is 16.7 Å². The summed E-state index contributed by atoms with van der Waals surface area (Å²) in [6, 6.07) is 6.34. The highest BCUT2D eigenvalue weighted by atomic mass is 16.1. The van der Waals surface area contributed by atoms with Crippen molar-refractivity contribution < 1.29 is 4.79 Å². The van der Waals surface area contributed by atoms with Gasteiger partial charge in [-0.1, -0.05) is 18.2 Å². The van der Waals surface area contributed by atoms with Gasteiger partial charge in [0, 0.05) is 13.1 Å². The van der Waals surface area contributed by atoms with Crippen molar-refractivity contribution in [3.63, 3.8) is 0 Å². The molecule has 1 fully saturated rings. The van der Waals surface area contributed by atoms with E-state index in [0.29, 0.717) is 6.54 Å². The number of nitrogens with one attached hydrogen (secondary N) is 2. The molecule has 2 N–H and O–H groups in total. The zero-order valence-corrected chi connectivity index (χ0v) is 11.3. The zero-order valence-electron chi connectivity index (χ0n) is 11.3. The van der Waals surface area contributed by atoms with Crippen LogP contribution in [-0.4, -0.2) is 19.0 Å². The van der Waals surface area contributed by atoms with Crippen molar-refractivity contribution in [2.24, 2.45) is 5.92 Å². The van der Waals surface area contributed by atoms with Crippen LogP contribution in [0, 0.1) is 19.8 Å². The molecule has 3 nitrogen and oxygen atoms in total. The lowest BCUT2D eigenvalue weighted by Crippen LogP contribution is -2.40. The average Bonchev–Trinajstić information content (AvgIpc) is 2.41. The van der Waals surface area contributed by atoms with E-state index in [4.69, 9.17) is 0 Å². The number of rotatable bonds is 3. The molecular weight excluding hydrogens is 224 g/mol. The van der Waals surface area contributed by atoms with E-state index in [1.807, 2.05) is 0 Å². The van der Waals surface area contributed by atoms with Gasteiger partial charge in [-0.3, -0.25) is 4.79 Å². The fourth-order valence-corrected chi connectivity index (χ4v) is 2.32. The molecule has 1 saturated heterocycles. The predicted molar refractivity (Wildman–Crippen MR) is 73.4 cm³/mol. The molecule has 0 saturated carbocycles. The molecular formula is C15H22N2O. The molecule has 1 aliphatic rings. The molecule has 0 aromatic heterocycles. The Hall–Kier alpha value is -1.35. The monoisotopic (exact) mass is 246 g/mol. The van der Waals surface area contributed by atoms with E-state index in [1.54, 1.807) is 0 Å². The summed E-state index contributed by atoms with van der Waals surface area (Å²) in [6.07, 6.45) is 2.10. The third-order valence-corrected chi connectivity index (χ3v) is 3.71. The van der Waals surface area contributed by atoms with Gasteiger partial charge < -0.3 is 10.6 Å². The number of benzene rings is 1. The Morgan fingerprint density at radius 3 is 2.89 bits per heavy atom. The number of piperidine rings is 1. The van der Waals surface area contributed by atoms with E-state index in [2.05, 4.69) is 42.7 Å². The standard InChI is InChI=1S/C15H22N2O/c1-11-5-6-13(8-12(11)2)9-17-15(18)14-4-3-7-16-10-14/h5-6,8,14,16H,3-4,7,9-10H2,1-2H3,(H,17,18). The minimum absolute atomic E-state index is 0.144. The van der Waals surface area contributed by atoms with E-state index in [-0.39, 0.29) is 11.8 Å². The van der Waals surface area contributed by atoms with Crippen LogP contribution >= 0.6 is 0 Å². The van der Waals surface area contributed by atoms with Gasteiger partial charge in [0.2, 0.25) is 5.91 Å². The molecule has 1 heterocycles. The summed E-state index contributed by atoms with van der Waals surface area (Å²) in [5, 5.41) is 6.31. The Balaban J connectivity index is 1.86. The van der Waals surface area contributed by atoms with Gasteiger partial charge in [0.15, 0.2) is 0 Å². The van der Waals surface area contributed by atoms with E-state index >= 15 is 0 Å². The maximum atomic E-state index is 12.0. The normalized spacial score (nSPS) is 19.6. The summed E-state index contributed by atoms with van der Waals surface area (Å²) in [4.78, 5) is 12.0. The molecule has 0 bridgehead atoms. The zero-order chi connectivity index (χ0) is 13.0. The van der Waals surface area contributed by atoms with Gasteiger partial charge in [-0.2, -0.15) is 0 Å². The third kappa shape index (κ3) is 3.33. The van der Waals surface area contributed by atoms with Crippen LogP contribution in [-0.2, 0) is 11.3 Å². The molecule has 2 rings (SSSR count). The van der Waals surface area contributed by atoms with Crippen molar-refractivity contribution in [1.29, 1.82) is 0 Å². The van der Waals surface area contributed by atoms with E-state index in [0.717, 1.165) is 25.9 Å². The predicted octanol–water partition coefficient (Wildman–Crippen LogP) is 1.92. The van der Waals surface area contributed by atoms with Gasteiger partial charge in [-0.25, -0.2) is 0 Å².